The van der Waals surface area contributed by atoms with E-state index in [2.05, 4.69) is 0 Å². The standard InChI is InChI=1S/C20H20O6/c1-4-26-20(25)19(13-5-7-17(23)15(9-13)11(2)21)14-6-8-18(24)16(10-14)12(3)22/h5-10,19,23-24H,4H2,1-3H3. The highest BCUT2D eigenvalue weighted by molar-refractivity contribution is 5.98. The number of aromatic hydroxyl groups is 2. The molecule has 0 aliphatic carbocycles. The van der Waals surface area contributed by atoms with Gasteiger partial charge >= 0.3 is 5.97 Å². The number of phenolic OH excluding ortho intramolecular Hbond substituents is 2. The van der Waals surface area contributed by atoms with Gasteiger partial charge in [-0.1, -0.05) is 12.1 Å². The fraction of sp³-hybridized carbons (Fsp3) is 0.250. The average molecular weight is 356 g/mol. The molecule has 2 aromatic rings. The molecule has 0 fully saturated rings. The fourth-order valence-corrected chi connectivity index (χ4v) is 2.72. The Bertz CT molecular complexity index is 805. The van der Waals surface area contributed by atoms with Crippen LogP contribution >= 0.6 is 0 Å². The molecule has 136 valence electrons. The Morgan fingerprint density at radius 1 is 0.885 bits per heavy atom. The van der Waals surface area contributed by atoms with Gasteiger partial charge in [0.1, 0.15) is 17.4 Å². The van der Waals surface area contributed by atoms with Crippen molar-refractivity contribution in [2.45, 2.75) is 26.7 Å². The number of ketones is 2. The highest BCUT2D eigenvalue weighted by atomic mass is 16.5. The first kappa shape index (κ1) is 19.2. The maximum Gasteiger partial charge on any atom is 0.317 e. The van der Waals surface area contributed by atoms with Crippen LogP contribution in [0, 0.1) is 0 Å². The smallest absolute Gasteiger partial charge is 0.317 e. The van der Waals surface area contributed by atoms with Gasteiger partial charge in [-0.15, -0.1) is 0 Å². The van der Waals surface area contributed by atoms with Gasteiger partial charge in [0.25, 0.3) is 0 Å². The summed E-state index contributed by atoms with van der Waals surface area (Å²) < 4.78 is 5.14. The van der Waals surface area contributed by atoms with Crippen LogP contribution in [0.15, 0.2) is 36.4 Å². The Morgan fingerprint density at radius 3 is 1.65 bits per heavy atom. The van der Waals surface area contributed by atoms with Crippen molar-refractivity contribution < 1.29 is 29.3 Å². The van der Waals surface area contributed by atoms with E-state index in [0.29, 0.717) is 11.1 Å². The van der Waals surface area contributed by atoms with Crippen molar-refractivity contribution in [1.29, 1.82) is 0 Å². The number of esters is 1. The van der Waals surface area contributed by atoms with Gasteiger partial charge in [-0.05, 0) is 56.2 Å². The summed E-state index contributed by atoms with van der Waals surface area (Å²) in [5, 5.41) is 19.7. The van der Waals surface area contributed by atoms with Crippen LogP contribution in [0.4, 0.5) is 0 Å². The molecule has 0 saturated carbocycles. The lowest BCUT2D eigenvalue weighted by Gasteiger charge is -2.18. The zero-order chi connectivity index (χ0) is 19.4. The third-order valence-corrected chi connectivity index (χ3v) is 3.99. The van der Waals surface area contributed by atoms with Gasteiger partial charge in [-0.3, -0.25) is 14.4 Å². The Morgan fingerprint density at radius 2 is 1.31 bits per heavy atom. The van der Waals surface area contributed by atoms with Gasteiger partial charge in [0.05, 0.1) is 17.7 Å². The van der Waals surface area contributed by atoms with Crippen LogP contribution in [0.2, 0.25) is 0 Å². The van der Waals surface area contributed by atoms with E-state index in [-0.39, 0.29) is 40.8 Å². The molecule has 0 bridgehead atoms. The van der Waals surface area contributed by atoms with E-state index in [0.717, 1.165) is 0 Å². The van der Waals surface area contributed by atoms with E-state index in [1.807, 2.05) is 0 Å². The molecule has 2 aromatic carbocycles. The van der Waals surface area contributed by atoms with Gasteiger partial charge in [0, 0.05) is 0 Å². The number of ether oxygens (including phenoxy) is 1. The highest BCUT2D eigenvalue weighted by Crippen LogP contribution is 2.32. The molecule has 0 aliphatic rings. The summed E-state index contributed by atoms with van der Waals surface area (Å²) in [5.74, 6) is -2.53. The summed E-state index contributed by atoms with van der Waals surface area (Å²) in [4.78, 5) is 36.0. The molecule has 0 spiro atoms. The molecule has 0 radical (unpaired) electrons. The van der Waals surface area contributed by atoms with Crippen LogP contribution in [-0.4, -0.2) is 34.4 Å². The summed E-state index contributed by atoms with van der Waals surface area (Å²) in [6, 6.07) is 8.57. The second-order valence-corrected chi connectivity index (χ2v) is 5.85. The third-order valence-electron chi connectivity index (χ3n) is 3.99. The van der Waals surface area contributed by atoms with Gasteiger partial charge in [0.15, 0.2) is 11.6 Å². The number of hydrogen-bond donors (Lipinski definition) is 2. The number of carbonyl (C=O) groups excluding carboxylic acids is 3. The maximum absolute atomic E-state index is 12.6. The molecule has 6 nitrogen and oxygen atoms in total. The Hall–Kier alpha value is -3.15. The quantitative estimate of drug-likeness (QED) is 0.609. The lowest BCUT2D eigenvalue weighted by molar-refractivity contribution is -0.143. The molecular formula is C20H20O6. The topological polar surface area (TPSA) is 101 Å². The number of rotatable bonds is 6. The summed E-state index contributed by atoms with van der Waals surface area (Å²) in [6.07, 6.45) is 0. The fourth-order valence-electron chi connectivity index (χ4n) is 2.72. The van der Waals surface area contributed by atoms with Crippen LogP contribution < -0.4 is 0 Å². The highest BCUT2D eigenvalue weighted by Gasteiger charge is 2.26. The van der Waals surface area contributed by atoms with Crippen molar-refractivity contribution in [3.05, 3.63) is 58.7 Å². The van der Waals surface area contributed by atoms with E-state index in [1.165, 1.54) is 50.2 Å². The van der Waals surface area contributed by atoms with Crippen LogP contribution in [-0.2, 0) is 9.53 Å². The SMILES string of the molecule is CCOC(=O)C(c1ccc(O)c(C(C)=O)c1)c1ccc(O)c(C(C)=O)c1. The zero-order valence-corrected chi connectivity index (χ0v) is 14.8. The third kappa shape index (κ3) is 3.91. The van der Waals surface area contributed by atoms with Gasteiger partial charge in [-0.2, -0.15) is 0 Å². The minimum atomic E-state index is -0.910. The molecule has 0 saturated heterocycles. The van der Waals surface area contributed by atoms with Crippen molar-refractivity contribution in [3.63, 3.8) is 0 Å². The second-order valence-electron chi connectivity index (χ2n) is 5.85. The molecule has 0 amide bonds. The Balaban J connectivity index is 2.64. The van der Waals surface area contributed by atoms with E-state index >= 15 is 0 Å². The summed E-state index contributed by atoms with van der Waals surface area (Å²) in [5.41, 5.74) is 1.04. The predicted molar refractivity (Wildman–Crippen MR) is 94.7 cm³/mol. The monoisotopic (exact) mass is 356 g/mol. The first-order chi connectivity index (χ1) is 12.3. The van der Waals surface area contributed by atoms with E-state index in [9.17, 15) is 24.6 Å². The zero-order valence-electron chi connectivity index (χ0n) is 14.8. The lowest BCUT2D eigenvalue weighted by atomic mass is 9.88. The van der Waals surface area contributed by atoms with Gasteiger partial charge in [0.2, 0.25) is 0 Å². The van der Waals surface area contributed by atoms with Crippen molar-refractivity contribution in [2.24, 2.45) is 0 Å². The van der Waals surface area contributed by atoms with Crippen LogP contribution in [0.5, 0.6) is 11.5 Å². The first-order valence-corrected chi connectivity index (χ1v) is 8.10. The van der Waals surface area contributed by atoms with Crippen molar-refractivity contribution >= 4 is 17.5 Å². The second kappa shape index (κ2) is 7.82. The van der Waals surface area contributed by atoms with E-state index in [4.69, 9.17) is 4.74 Å². The van der Waals surface area contributed by atoms with Crippen molar-refractivity contribution in [2.75, 3.05) is 6.61 Å². The Labute approximate surface area is 151 Å². The van der Waals surface area contributed by atoms with Crippen LogP contribution in [0.25, 0.3) is 0 Å². The number of carbonyl (C=O) groups is 3. The van der Waals surface area contributed by atoms with Crippen molar-refractivity contribution in [1.82, 2.24) is 0 Å². The molecule has 0 unspecified atom stereocenters. The minimum Gasteiger partial charge on any atom is -0.507 e. The van der Waals surface area contributed by atoms with Crippen molar-refractivity contribution in [3.8, 4) is 11.5 Å². The molecule has 0 aliphatic heterocycles. The molecular weight excluding hydrogens is 336 g/mol. The van der Waals surface area contributed by atoms with E-state index < -0.39 is 11.9 Å². The van der Waals surface area contributed by atoms with Crippen LogP contribution in [0.1, 0.15) is 58.5 Å². The minimum absolute atomic E-state index is 0.0855. The molecule has 26 heavy (non-hydrogen) atoms. The Kier molecular flexibility index (Phi) is 5.77. The number of phenols is 2. The predicted octanol–water partition coefficient (Wildman–Crippen LogP) is 3.20. The maximum atomic E-state index is 12.6. The normalized spacial score (nSPS) is 10.6. The largest absolute Gasteiger partial charge is 0.507 e. The number of benzene rings is 2. The van der Waals surface area contributed by atoms with Gasteiger partial charge in [-0.25, -0.2) is 0 Å². The number of hydrogen-bond acceptors (Lipinski definition) is 6. The molecule has 6 heteroatoms. The number of Topliss-reactive ketones (excluding diaryl/α,β-unsaturated/α-hetero) is 2. The van der Waals surface area contributed by atoms with E-state index in [1.54, 1.807) is 6.92 Å². The summed E-state index contributed by atoms with van der Waals surface area (Å²) in [6.45, 7) is 4.45. The summed E-state index contributed by atoms with van der Waals surface area (Å²) >= 11 is 0. The van der Waals surface area contributed by atoms with Gasteiger partial charge < -0.3 is 14.9 Å². The average Bonchev–Trinajstić information content (AvgIpc) is 2.57. The molecule has 0 heterocycles. The lowest BCUT2D eigenvalue weighted by Crippen LogP contribution is -2.18. The molecule has 2 rings (SSSR count). The summed E-state index contributed by atoms with van der Waals surface area (Å²) in [7, 11) is 0. The first-order valence-electron chi connectivity index (χ1n) is 8.10. The molecule has 0 atom stereocenters. The van der Waals surface area contributed by atoms with Crippen LogP contribution in [0.3, 0.4) is 0 Å². The molecule has 0 aromatic heterocycles. The molecule has 2 N–H and O–H groups in total.